The number of piperidine rings is 2. The summed E-state index contributed by atoms with van der Waals surface area (Å²) in [5.74, 6) is 0.0992. The molecule has 0 saturated carbocycles. The lowest BCUT2D eigenvalue weighted by atomic mass is 9.71. The van der Waals surface area contributed by atoms with Crippen molar-refractivity contribution in [2.45, 2.75) is 52.1 Å². The Morgan fingerprint density at radius 2 is 1.45 bits per heavy atom. The van der Waals surface area contributed by atoms with Crippen LogP contribution >= 0.6 is 11.6 Å². The summed E-state index contributed by atoms with van der Waals surface area (Å²) in [6, 6.07) is 0. The zero-order valence-electron chi connectivity index (χ0n) is 13.9. The number of ether oxygens (including phenoxy) is 1. The summed E-state index contributed by atoms with van der Waals surface area (Å²) in [4.78, 5) is 27.4. The van der Waals surface area contributed by atoms with Crippen molar-refractivity contribution in [3.8, 4) is 0 Å². The first-order valence-corrected chi connectivity index (χ1v) is 8.60. The summed E-state index contributed by atoms with van der Waals surface area (Å²) < 4.78 is 5.44. The molecule has 0 aromatic carbocycles. The van der Waals surface area contributed by atoms with Crippen LogP contribution in [0, 0.1) is 5.41 Å². The molecule has 0 atom stereocenters. The van der Waals surface area contributed by atoms with Gasteiger partial charge in [-0.05, 0) is 51.9 Å². The highest BCUT2D eigenvalue weighted by molar-refractivity contribution is 6.27. The van der Waals surface area contributed by atoms with Crippen LogP contribution in [0.15, 0.2) is 0 Å². The lowest BCUT2D eigenvalue weighted by Crippen LogP contribution is -2.50. The quantitative estimate of drug-likeness (QED) is 0.695. The molecule has 0 unspecified atom stereocenters. The van der Waals surface area contributed by atoms with E-state index >= 15 is 0 Å². The second-order valence-corrected chi connectivity index (χ2v) is 7.75. The van der Waals surface area contributed by atoms with E-state index in [4.69, 9.17) is 16.3 Å². The first kappa shape index (κ1) is 17.4. The molecule has 0 aromatic rings. The summed E-state index contributed by atoms with van der Waals surface area (Å²) in [5, 5.41) is 0. The van der Waals surface area contributed by atoms with Crippen LogP contribution in [0.2, 0.25) is 0 Å². The average molecular weight is 331 g/mol. The van der Waals surface area contributed by atoms with Crippen molar-refractivity contribution < 1.29 is 14.3 Å². The van der Waals surface area contributed by atoms with Gasteiger partial charge >= 0.3 is 6.09 Å². The van der Waals surface area contributed by atoms with Crippen LogP contribution in [0.3, 0.4) is 0 Å². The van der Waals surface area contributed by atoms with Gasteiger partial charge in [-0.3, -0.25) is 4.79 Å². The molecule has 0 N–H and O–H groups in total. The maximum atomic E-state index is 12.1. The summed E-state index contributed by atoms with van der Waals surface area (Å²) in [7, 11) is 0. The van der Waals surface area contributed by atoms with E-state index in [1.165, 1.54) is 0 Å². The smallest absolute Gasteiger partial charge is 0.410 e. The predicted molar refractivity (Wildman–Crippen MR) is 86.0 cm³/mol. The Balaban J connectivity index is 1.83. The molecule has 2 fully saturated rings. The molecule has 0 radical (unpaired) electrons. The van der Waals surface area contributed by atoms with Gasteiger partial charge in [0.1, 0.15) is 11.5 Å². The van der Waals surface area contributed by atoms with E-state index in [1.54, 1.807) is 0 Å². The Hall–Kier alpha value is -0.970. The van der Waals surface area contributed by atoms with E-state index in [0.717, 1.165) is 51.9 Å². The normalized spacial score (nSPS) is 21.8. The lowest BCUT2D eigenvalue weighted by molar-refractivity contribution is -0.131. The van der Waals surface area contributed by atoms with Crippen molar-refractivity contribution in [2.75, 3.05) is 32.1 Å². The molecule has 126 valence electrons. The number of carbonyl (C=O) groups excluding carboxylic acids is 2. The van der Waals surface area contributed by atoms with Gasteiger partial charge in [-0.15, -0.1) is 11.6 Å². The number of amides is 2. The van der Waals surface area contributed by atoms with Crippen molar-refractivity contribution in [1.29, 1.82) is 0 Å². The highest BCUT2D eigenvalue weighted by Gasteiger charge is 2.39. The monoisotopic (exact) mass is 330 g/mol. The molecule has 0 aromatic heterocycles. The molecule has 2 rings (SSSR count). The average Bonchev–Trinajstić information content (AvgIpc) is 2.46. The van der Waals surface area contributed by atoms with E-state index in [1.807, 2.05) is 30.6 Å². The first-order valence-electron chi connectivity index (χ1n) is 8.06. The zero-order chi connectivity index (χ0) is 16.4. The minimum atomic E-state index is -0.445. The van der Waals surface area contributed by atoms with Gasteiger partial charge in [-0.25, -0.2) is 4.79 Å². The number of hydrogen-bond acceptors (Lipinski definition) is 3. The zero-order valence-corrected chi connectivity index (χ0v) is 14.6. The van der Waals surface area contributed by atoms with Crippen LogP contribution in [0.4, 0.5) is 4.79 Å². The Labute approximate surface area is 137 Å². The van der Waals surface area contributed by atoms with Crippen LogP contribution in [0.25, 0.3) is 0 Å². The van der Waals surface area contributed by atoms with Gasteiger partial charge in [0.25, 0.3) is 0 Å². The van der Waals surface area contributed by atoms with Crippen LogP contribution in [-0.2, 0) is 9.53 Å². The molecular formula is C16H27ClN2O3. The summed E-state index contributed by atoms with van der Waals surface area (Å²) >= 11 is 5.62. The molecule has 1 spiro atoms. The van der Waals surface area contributed by atoms with Crippen molar-refractivity contribution >= 4 is 23.6 Å². The number of likely N-dealkylation sites (tertiary alicyclic amines) is 2. The molecule has 2 amide bonds. The lowest BCUT2D eigenvalue weighted by Gasteiger charge is -2.46. The number of rotatable bonds is 1. The number of hydrogen-bond donors (Lipinski definition) is 0. The second-order valence-electron chi connectivity index (χ2n) is 7.48. The van der Waals surface area contributed by atoms with Crippen LogP contribution in [0.1, 0.15) is 46.5 Å². The molecule has 0 aliphatic carbocycles. The molecule has 2 aliphatic rings. The number of halogens is 1. The predicted octanol–water partition coefficient (Wildman–Crippen LogP) is 2.86. The van der Waals surface area contributed by atoms with Crippen molar-refractivity contribution in [1.82, 2.24) is 9.80 Å². The Bertz CT molecular complexity index is 416. The van der Waals surface area contributed by atoms with Gasteiger partial charge in [-0.1, -0.05) is 0 Å². The standard InChI is InChI=1S/C16H27ClN2O3/c1-15(2,3)22-14(21)19-10-6-16(7-11-19)4-8-18(9-5-16)13(20)12-17/h4-12H2,1-3H3. The Morgan fingerprint density at radius 1 is 1.00 bits per heavy atom. The van der Waals surface area contributed by atoms with Gasteiger partial charge in [0.2, 0.25) is 5.91 Å². The molecule has 0 bridgehead atoms. The van der Waals surface area contributed by atoms with Gasteiger partial charge in [-0.2, -0.15) is 0 Å². The Kier molecular flexibility index (Phi) is 5.25. The van der Waals surface area contributed by atoms with E-state index in [2.05, 4.69) is 0 Å². The van der Waals surface area contributed by atoms with Gasteiger partial charge < -0.3 is 14.5 Å². The van der Waals surface area contributed by atoms with Gasteiger partial charge in [0, 0.05) is 26.2 Å². The van der Waals surface area contributed by atoms with E-state index in [-0.39, 0.29) is 23.3 Å². The third kappa shape index (κ3) is 4.28. The second kappa shape index (κ2) is 6.65. The highest BCUT2D eigenvalue weighted by atomic mass is 35.5. The van der Waals surface area contributed by atoms with Gasteiger partial charge in [0.15, 0.2) is 0 Å². The third-order valence-corrected chi connectivity index (χ3v) is 5.00. The fourth-order valence-corrected chi connectivity index (χ4v) is 3.47. The first-order chi connectivity index (χ1) is 10.2. The molecule has 2 aliphatic heterocycles. The topological polar surface area (TPSA) is 49.9 Å². The summed E-state index contributed by atoms with van der Waals surface area (Å²) in [6.07, 6.45) is 3.80. The molecule has 5 nitrogen and oxygen atoms in total. The van der Waals surface area contributed by atoms with E-state index in [9.17, 15) is 9.59 Å². The third-order valence-electron chi connectivity index (χ3n) is 4.77. The molecule has 6 heteroatoms. The molecule has 2 saturated heterocycles. The number of carbonyl (C=O) groups is 2. The van der Waals surface area contributed by atoms with Crippen molar-refractivity contribution in [3.63, 3.8) is 0 Å². The van der Waals surface area contributed by atoms with E-state index < -0.39 is 5.60 Å². The minimum Gasteiger partial charge on any atom is -0.444 e. The number of nitrogens with zero attached hydrogens (tertiary/aromatic N) is 2. The van der Waals surface area contributed by atoms with Crippen LogP contribution < -0.4 is 0 Å². The summed E-state index contributed by atoms with van der Waals surface area (Å²) in [6.45, 7) is 8.74. The van der Waals surface area contributed by atoms with E-state index in [0.29, 0.717) is 0 Å². The fourth-order valence-electron chi connectivity index (χ4n) is 3.31. The maximum Gasteiger partial charge on any atom is 0.410 e. The maximum absolute atomic E-state index is 12.1. The largest absolute Gasteiger partial charge is 0.444 e. The highest BCUT2D eigenvalue weighted by Crippen LogP contribution is 2.41. The number of alkyl halides is 1. The van der Waals surface area contributed by atoms with Crippen molar-refractivity contribution in [3.05, 3.63) is 0 Å². The Morgan fingerprint density at radius 3 is 1.86 bits per heavy atom. The molecule has 22 heavy (non-hydrogen) atoms. The molecule has 2 heterocycles. The van der Waals surface area contributed by atoms with Crippen LogP contribution in [0.5, 0.6) is 0 Å². The summed E-state index contributed by atoms with van der Waals surface area (Å²) in [5.41, 5.74) is -0.166. The van der Waals surface area contributed by atoms with Crippen molar-refractivity contribution in [2.24, 2.45) is 5.41 Å². The molecular weight excluding hydrogens is 304 g/mol. The van der Waals surface area contributed by atoms with Crippen LogP contribution in [-0.4, -0.2) is 59.5 Å². The SMILES string of the molecule is CC(C)(C)OC(=O)N1CCC2(CCN(C(=O)CCl)CC2)CC1. The fraction of sp³-hybridized carbons (Fsp3) is 0.875. The minimum absolute atomic E-state index is 0.0303. The van der Waals surface area contributed by atoms with Gasteiger partial charge in [0.05, 0.1) is 0 Å².